The summed E-state index contributed by atoms with van der Waals surface area (Å²) in [7, 11) is 0. The molecule has 106 valence electrons. The monoisotopic (exact) mass is 332 g/mol. The standard InChI is InChI=1S/C14H11Cl3O3/c1-8-2-10(20-13(18)3-8)7-19-14-11(16)4-9(6-15)5-12(14)17/h2-5H,6-7H2,1H3. The molecule has 0 spiro atoms. The molecule has 1 aromatic carbocycles. The molecule has 2 rings (SSSR count). The maximum atomic E-state index is 11.3. The van der Waals surface area contributed by atoms with E-state index in [1.807, 2.05) is 0 Å². The molecule has 0 aliphatic rings. The Balaban J connectivity index is 2.20. The first-order chi connectivity index (χ1) is 9.49. The highest BCUT2D eigenvalue weighted by Crippen LogP contribution is 2.35. The third kappa shape index (κ3) is 3.69. The van der Waals surface area contributed by atoms with Crippen LogP contribution >= 0.6 is 34.8 Å². The molecule has 1 aromatic heterocycles. The Bertz CT molecular complexity index is 657. The van der Waals surface area contributed by atoms with Crippen LogP contribution in [0.5, 0.6) is 5.75 Å². The summed E-state index contributed by atoms with van der Waals surface area (Å²) < 4.78 is 10.5. The Morgan fingerprint density at radius 1 is 1.15 bits per heavy atom. The molecule has 1 heterocycles. The van der Waals surface area contributed by atoms with E-state index < -0.39 is 5.63 Å². The molecular formula is C14H11Cl3O3. The van der Waals surface area contributed by atoms with E-state index in [9.17, 15) is 4.79 Å². The van der Waals surface area contributed by atoms with Crippen LogP contribution in [0.2, 0.25) is 10.0 Å². The SMILES string of the molecule is Cc1cc(COc2c(Cl)cc(CCl)cc2Cl)oc(=O)c1. The van der Waals surface area contributed by atoms with Crippen molar-refractivity contribution in [2.75, 3.05) is 0 Å². The van der Waals surface area contributed by atoms with Gasteiger partial charge < -0.3 is 9.15 Å². The Labute approximate surface area is 131 Å². The second kappa shape index (κ2) is 6.53. The molecule has 0 unspecified atom stereocenters. The summed E-state index contributed by atoms with van der Waals surface area (Å²) in [5, 5.41) is 0.728. The third-order valence-corrected chi connectivity index (χ3v) is 3.41. The number of hydrogen-bond acceptors (Lipinski definition) is 3. The van der Waals surface area contributed by atoms with E-state index >= 15 is 0 Å². The van der Waals surface area contributed by atoms with Crippen LogP contribution in [0.4, 0.5) is 0 Å². The van der Waals surface area contributed by atoms with E-state index in [0.717, 1.165) is 11.1 Å². The van der Waals surface area contributed by atoms with Crippen LogP contribution < -0.4 is 10.4 Å². The molecule has 0 N–H and O–H groups in total. The smallest absolute Gasteiger partial charge is 0.336 e. The first kappa shape index (κ1) is 15.2. The van der Waals surface area contributed by atoms with Crippen LogP contribution in [0.1, 0.15) is 16.9 Å². The number of hydrogen-bond donors (Lipinski definition) is 0. The normalized spacial score (nSPS) is 10.6. The predicted octanol–water partition coefficient (Wildman–Crippen LogP) is 4.57. The van der Waals surface area contributed by atoms with Gasteiger partial charge in [0.1, 0.15) is 12.4 Å². The van der Waals surface area contributed by atoms with Crippen molar-refractivity contribution >= 4 is 34.8 Å². The number of benzene rings is 1. The molecule has 0 aliphatic carbocycles. The van der Waals surface area contributed by atoms with E-state index in [0.29, 0.717) is 27.4 Å². The quantitative estimate of drug-likeness (QED) is 0.769. The summed E-state index contributed by atoms with van der Waals surface area (Å²) in [6.45, 7) is 1.87. The highest BCUT2D eigenvalue weighted by molar-refractivity contribution is 6.37. The van der Waals surface area contributed by atoms with Gasteiger partial charge in [-0.05, 0) is 36.2 Å². The summed E-state index contributed by atoms with van der Waals surface area (Å²) in [4.78, 5) is 11.3. The summed E-state index contributed by atoms with van der Waals surface area (Å²) in [5.74, 6) is 1.06. The fourth-order valence-corrected chi connectivity index (χ4v) is 2.51. The summed E-state index contributed by atoms with van der Waals surface area (Å²) in [6, 6.07) is 6.49. The number of halogens is 3. The van der Waals surface area contributed by atoms with Gasteiger partial charge in [-0.1, -0.05) is 23.2 Å². The van der Waals surface area contributed by atoms with Crippen molar-refractivity contribution in [1.29, 1.82) is 0 Å². The van der Waals surface area contributed by atoms with Gasteiger partial charge in [-0.15, -0.1) is 11.6 Å². The number of ether oxygens (including phenoxy) is 1. The highest BCUT2D eigenvalue weighted by atomic mass is 35.5. The van der Waals surface area contributed by atoms with Gasteiger partial charge >= 0.3 is 5.63 Å². The minimum atomic E-state index is -0.418. The first-order valence-electron chi connectivity index (χ1n) is 5.77. The molecule has 0 aliphatic heterocycles. The molecule has 0 amide bonds. The van der Waals surface area contributed by atoms with Gasteiger partial charge in [0.2, 0.25) is 0 Å². The molecule has 0 saturated carbocycles. The van der Waals surface area contributed by atoms with Gasteiger partial charge in [-0.3, -0.25) is 0 Å². The van der Waals surface area contributed by atoms with Crippen LogP contribution in [0, 0.1) is 6.92 Å². The summed E-state index contributed by atoms with van der Waals surface area (Å²) >= 11 is 17.9. The van der Waals surface area contributed by atoms with Crippen LogP contribution in [-0.2, 0) is 12.5 Å². The fraction of sp³-hybridized carbons (Fsp3) is 0.214. The molecule has 0 atom stereocenters. The Morgan fingerprint density at radius 3 is 2.35 bits per heavy atom. The largest absolute Gasteiger partial charge is 0.483 e. The molecule has 0 radical (unpaired) electrons. The zero-order valence-corrected chi connectivity index (χ0v) is 12.9. The molecule has 2 aromatic rings. The lowest BCUT2D eigenvalue weighted by Gasteiger charge is -2.10. The average molecular weight is 334 g/mol. The lowest BCUT2D eigenvalue weighted by Crippen LogP contribution is -2.04. The Morgan fingerprint density at radius 2 is 1.80 bits per heavy atom. The summed E-state index contributed by atoms with van der Waals surface area (Å²) in [5.41, 5.74) is 1.18. The van der Waals surface area contributed by atoms with Crippen LogP contribution in [0.3, 0.4) is 0 Å². The number of alkyl halides is 1. The van der Waals surface area contributed by atoms with E-state index in [-0.39, 0.29) is 6.61 Å². The zero-order valence-electron chi connectivity index (χ0n) is 10.6. The fourth-order valence-electron chi connectivity index (χ4n) is 1.71. The maximum absolute atomic E-state index is 11.3. The van der Waals surface area contributed by atoms with Gasteiger partial charge in [-0.25, -0.2) is 4.79 Å². The van der Waals surface area contributed by atoms with Crippen molar-refractivity contribution < 1.29 is 9.15 Å². The second-order valence-corrected chi connectivity index (χ2v) is 5.31. The Kier molecular flexibility index (Phi) is 4.97. The summed E-state index contributed by atoms with van der Waals surface area (Å²) in [6.07, 6.45) is 0. The number of rotatable bonds is 4. The van der Waals surface area contributed by atoms with Crippen LogP contribution in [0.15, 0.2) is 33.5 Å². The van der Waals surface area contributed by atoms with Gasteiger partial charge in [0, 0.05) is 11.9 Å². The highest BCUT2D eigenvalue weighted by Gasteiger charge is 2.11. The minimum Gasteiger partial charge on any atom is -0.483 e. The molecule has 0 fully saturated rings. The number of aryl methyl sites for hydroxylation is 1. The molecular weight excluding hydrogens is 323 g/mol. The van der Waals surface area contributed by atoms with Crippen molar-refractivity contribution in [1.82, 2.24) is 0 Å². The lowest BCUT2D eigenvalue weighted by atomic mass is 10.2. The zero-order chi connectivity index (χ0) is 14.7. The van der Waals surface area contributed by atoms with Crippen molar-refractivity contribution in [2.24, 2.45) is 0 Å². The third-order valence-electron chi connectivity index (χ3n) is 2.54. The molecule has 6 heteroatoms. The van der Waals surface area contributed by atoms with Crippen molar-refractivity contribution in [3.05, 3.63) is 61.6 Å². The maximum Gasteiger partial charge on any atom is 0.336 e. The molecule has 3 nitrogen and oxygen atoms in total. The molecule has 0 saturated heterocycles. The minimum absolute atomic E-state index is 0.0661. The van der Waals surface area contributed by atoms with Crippen LogP contribution in [0.25, 0.3) is 0 Å². The van der Waals surface area contributed by atoms with E-state index in [1.54, 1.807) is 25.1 Å². The second-order valence-electron chi connectivity index (χ2n) is 4.23. The topological polar surface area (TPSA) is 39.4 Å². The van der Waals surface area contributed by atoms with Crippen molar-refractivity contribution in [3.8, 4) is 5.75 Å². The lowest BCUT2D eigenvalue weighted by molar-refractivity contribution is 0.262. The van der Waals surface area contributed by atoms with E-state index in [4.69, 9.17) is 44.0 Å². The molecule has 20 heavy (non-hydrogen) atoms. The molecule has 0 bridgehead atoms. The van der Waals surface area contributed by atoms with Gasteiger partial charge in [0.15, 0.2) is 5.75 Å². The predicted molar refractivity (Wildman–Crippen MR) is 80.1 cm³/mol. The van der Waals surface area contributed by atoms with Crippen molar-refractivity contribution in [2.45, 2.75) is 19.4 Å². The van der Waals surface area contributed by atoms with Gasteiger partial charge in [-0.2, -0.15) is 0 Å². The van der Waals surface area contributed by atoms with Crippen LogP contribution in [-0.4, -0.2) is 0 Å². The van der Waals surface area contributed by atoms with Gasteiger partial charge in [0.05, 0.1) is 10.0 Å². The average Bonchev–Trinajstić information content (AvgIpc) is 2.36. The first-order valence-corrected chi connectivity index (χ1v) is 7.06. The van der Waals surface area contributed by atoms with Gasteiger partial charge in [0.25, 0.3) is 0 Å². The van der Waals surface area contributed by atoms with Crippen molar-refractivity contribution in [3.63, 3.8) is 0 Å². The van der Waals surface area contributed by atoms with E-state index in [2.05, 4.69) is 0 Å². The van der Waals surface area contributed by atoms with E-state index in [1.165, 1.54) is 6.07 Å². The Hall–Kier alpha value is -1.16.